The van der Waals surface area contributed by atoms with Crippen molar-refractivity contribution in [3.8, 4) is 17.0 Å². The Bertz CT molecular complexity index is 620. The number of nitrogens with zero attached hydrogens (tertiary/aromatic N) is 2. The summed E-state index contributed by atoms with van der Waals surface area (Å²) in [4.78, 5) is 0. The van der Waals surface area contributed by atoms with Gasteiger partial charge in [-0.2, -0.15) is 5.10 Å². The van der Waals surface area contributed by atoms with E-state index in [9.17, 15) is 4.39 Å². The fourth-order valence-corrected chi connectivity index (χ4v) is 2.30. The summed E-state index contributed by atoms with van der Waals surface area (Å²) in [5.41, 5.74) is 7.87. The number of halogens is 1. The van der Waals surface area contributed by atoms with Crippen LogP contribution < -0.4 is 10.5 Å². The van der Waals surface area contributed by atoms with Crippen LogP contribution in [0.15, 0.2) is 18.2 Å². The van der Waals surface area contributed by atoms with Gasteiger partial charge in [-0.3, -0.25) is 4.68 Å². The van der Waals surface area contributed by atoms with E-state index in [1.807, 2.05) is 0 Å². The Morgan fingerprint density at radius 2 is 2.10 bits per heavy atom. The second kappa shape index (κ2) is 5.53. The van der Waals surface area contributed by atoms with Gasteiger partial charge in [-0.15, -0.1) is 0 Å². The van der Waals surface area contributed by atoms with E-state index < -0.39 is 0 Å². The van der Waals surface area contributed by atoms with E-state index in [4.69, 9.17) is 10.5 Å². The van der Waals surface area contributed by atoms with Crippen LogP contribution in [-0.4, -0.2) is 16.9 Å². The summed E-state index contributed by atoms with van der Waals surface area (Å²) >= 11 is 0. The Balaban J connectivity index is 2.67. The lowest BCUT2D eigenvalue weighted by atomic mass is 9.98. The van der Waals surface area contributed by atoms with Crippen LogP contribution >= 0.6 is 0 Å². The third-order valence-corrected chi connectivity index (χ3v) is 3.24. The zero-order valence-electron chi connectivity index (χ0n) is 12.3. The lowest BCUT2D eigenvalue weighted by Crippen LogP contribution is -2.02. The fraction of sp³-hybridized carbons (Fsp3) is 0.400. The highest BCUT2D eigenvalue weighted by Crippen LogP contribution is 2.36. The summed E-state index contributed by atoms with van der Waals surface area (Å²) in [7, 11) is 3.28. The molecule has 0 saturated carbocycles. The number of rotatable bonds is 4. The van der Waals surface area contributed by atoms with Crippen molar-refractivity contribution in [2.45, 2.75) is 20.3 Å². The Kier molecular flexibility index (Phi) is 3.97. The normalized spacial score (nSPS) is 11.1. The molecule has 0 atom stereocenters. The van der Waals surface area contributed by atoms with Crippen molar-refractivity contribution in [3.05, 3.63) is 29.6 Å². The summed E-state index contributed by atoms with van der Waals surface area (Å²) < 4.78 is 21.1. The average molecular weight is 277 g/mol. The van der Waals surface area contributed by atoms with E-state index in [1.54, 1.807) is 23.9 Å². The molecule has 20 heavy (non-hydrogen) atoms. The van der Waals surface area contributed by atoms with Gasteiger partial charge in [-0.05, 0) is 24.5 Å². The smallest absolute Gasteiger partial charge is 0.136 e. The van der Waals surface area contributed by atoms with Gasteiger partial charge in [-0.1, -0.05) is 19.9 Å². The Hall–Kier alpha value is -2.04. The van der Waals surface area contributed by atoms with E-state index in [0.29, 0.717) is 28.7 Å². The van der Waals surface area contributed by atoms with Crippen LogP contribution in [0.3, 0.4) is 0 Å². The van der Waals surface area contributed by atoms with Gasteiger partial charge in [-0.25, -0.2) is 4.39 Å². The van der Waals surface area contributed by atoms with Gasteiger partial charge in [0.25, 0.3) is 0 Å². The second-order valence-corrected chi connectivity index (χ2v) is 5.25. The highest BCUT2D eigenvalue weighted by Gasteiger charge is 2.22. The molecule has 4 nitrogen and oxygen atoms in total. The van der Waals surface area contributed by atoms with Crippen LogP contribution in [0.1, 0.15) is 19.4 Å². The third kappa shape index (κ3) is 2.48. The molecule has 0 saturated heterocycles. The lowest BCUT2D eigenvalue weighted by molar-refractivity contribution is 0.413. The van der Waals surface area contributed by atoms with E-state index in [1.165, 1.54) is 13.2 Å². The van der Waals surface area contributed by atoms with Crippen LogP contribution in [0.5, 0.6) is 5.75 Å². The third-order valence-electron chi connectivity index (χ3n) is 3.24. The monoisotopic (exact) mass is 277 g/mol. The van der Waals surface area contributed by atoms with Gasteiger partial charge >= 0.3 is 0 Å². The summed E-state index contributed by atoms with van der Waals surface area (Å²) in [6.45, 7) is 4.18. The van der Waals surface area contributed by atoms with Crippen molar-refractivity contribution in [2.24, 2.45) is 13.0 Å². The molecule has 0 aliphatic rings. The number of aryl methyl sites for hydroxylation is 1. The number of hydrogen-bond donors (Lipinski definition) is 1. The summed E-state index contributed by atoms with van der Waals surface area (Å²) in [6, 6.07) is 4.75. The molecule has 2 aromatic rings. The standard InChI is InChI=1S/C15H20FN3O/c1-9(2)8-10-14(18-19(3)15(10)17)13-11(16)6-5-7-12(13)20-4/h5-7,9H,8,17H2,1-4H3. The SMILES string of the molecule is COc1cccc(F)c1-c1nn(C)c(N)c1CC(C)C. The van der Waals surface area contributed by atoms with Gasteiger partial charge in [0.2, 0.25) is 0 Å². The maximum Gasteiger partial charge on any atom is 0.136 e. The zero-order chi connectivity index (χ0) is 14.9. The van der Waals surface area contributed by atoms with E-state index in [-0.39, 0.29) is 5.82 Å². The van der Waals surface area contributed by atoms with Gasteiger partial charge in [0, 0.05) is 12.6 Å². The van der Waals surface area contributed by atoms with Crippen LogP contribution in [-0.2, 0) is 13.5 Å². The number of aromatic nitrogens is 2. The Morgan fingerprint density at radius 3 is 2.70 bits per heavy atom. The molecule has 0 fully saturated rings. The fourth-order valence-electron chi connectivity index (χ4n) is 2.30. The quantitative estimate of drug-likeness (QED) is 0.934. The molecule has 0 unspecified atom stereocenters. The van der Waals surface area contributed by atoms with Crippen molar-refractivity contribution in [3.63, 3.8) is 0 Å². The number of benzene rings is 1. The topological polar surface area (TPSA) is 53.1 Å². The van der Waals surface area contributed by atoms with Crippen LogP contribution in [0.2, 0.25) is 0 Å². The van der Waals surface area contributed by atoms with Crippen molar-refractivity contribution >= 4 is 5.82 Å². The minimum Gasteiger partial charge on any atom is -0.496 e. The number of anilines is 1. The molecular formula is C15H20FN3O. The second-order valence-electron chi connectivity index (χ2n) is 5.25. The molecule has 108 valence electrons. The van der Waals surface area contributed by atoms with Gasteiger partial charge < -0.3 is 10.5 Å². The molecule has 1 aromatic heterocycles. The number of nitrogens with two attached hydrogens (primary N) is 1. The van der Waals surface area contributed by atoms with Crippen molar-refractivity contribution in [2.75, 3.05) is 12.8 Å². The zero-order valence-corrected chi connectivity index (χ0v) is 12.3. The van der Waals surface area contributed by atoms with Gasteiger partial charge in [0.1, 0.15) is 23.1 Å². The van der Waals surface area contributed by atoms with Crippen LogP contribution in [0.4, 0.5) is 10.2 Å². The molecule has 5 heteroatoms. The molecule has 1 heterocycles. The van der Waals surface area contributed by atoms with Crippen molar-refractivity contribution in [1.29, 1.82) is 0 Å². The predicted octanol–water partition coefficient (Wildman–Crippen LogP) is 3.02. The molecule has 1 aromatic carbocycles. The summed E-state index contributed by atoms with van der Waals surface area (Å²) in [5.74, 6) is 1.08. The van der Waals surface area contributed by atoms with E-state index >= 15 is 0 Å². The molecule has 0 spiro atoms. The minimum atomic E-state index is -0.354. The molecular weight excluding hydrogens is 257 g/mol. The van der Waals surface area contributed by atoms with Crippen LogP contribution in [0.25, 0.3) is 11.3 Å². The highest BCUT2D eigenvalue weighted by molar-refractivity contribution is 5.74. The largest absolute Gasteiger partial charge is 0.496 e. The molecule has 0 amide bonds. The first-order valence-electron chi connectivity index (χ1n) is 6.59. The summed E-state index contributed by atoms with van der Waals surface area (Å²) in [6.07, 6.45) is 0.743. The number of ether oxygens (including phenoxy) is 1. The maximum absolute atomic E-state index is 14.2. The van der Waals surface area contributed by atoms with Crippen molar-refractivity contribution < 1.29 is 9.13 Å². The van der Waals surface area contributed by atoms with Crippen LogP contribution in [0, 0.1) is 11.7 Å². The van der Waals surface area contributed by atoms with E-state index in [2.05, 4.69) is 18.9 Å². The molecule has 2 rings (SSSR count). The molecule has 2 N–H and O–H groups in total. The maximum atomic E-state index is 14.2. The molecule has 0 aliphatic carbocycles. The molecule has 0 aliphatic heterocycles. The first-order valence-corrected chi connectivity index (χ1v) is 6.59. The number of nitrogen functional groups attached to an aromatic ring is 1. The molecule has 0 radical (unpaired) electrons. The number of hydrogen-bond acceptors (Lipinski definition) is 3. The minimum absolute atomic E-state index is 0.354. The lowest BCUT2D eigenvalue weighted by Gasteiger charge is -2.10. The molecule has 0 bridgehead atoms. The van der Waals surface area contributed by atoms with Gasteiger partial charge in [0.15, 0.2) is 0 Å². The first-order chi connectivity index (χ1) is 9.45. The highest BCUT2D eigenvalue weighted by atomic mass is 19.1. The van der Waals surface area contributed by atoms with Gasteiger partial charge in [0.05, 0.1) is 12.7 Å². The van der Waals surface area contributed by atoms with E-state index in [0.717, 1.165) is 12.0 Å². The first kappa shape index (κ1) is 14.4. The Morgan fingerprint density at radius 1 is 1.40 bits per heavy atom. The number of methoxy groups -OCH3 is 1. The van der Waals surface area contributed by atoms with Crippen molar-refractivity contribution in [1.82, 2.24) is 9.78 Å². The Labute approximate surface area is 118 Å². The average Bonchev–Trinajstić information content (AvgIpc) is 2.66. The summed E-state index contributed by atoms with van der Waals surface area (Å²) in [5, 5.41) is 4.37. The predicted molar refractivity (Wildman–Crippen MR) is 78.1 cm³/mol.